The second-order valence-electron chi connectivity index (χ2n) is 5.75. The summed E-state index contributed by atoms with van der Waals surface area (Å²) in [6, 6.07) is 0. The molecule has 6 heteroatoms. The minimum atomic E-state index is 0.262. The first-order valence-electron chi connectivity index (χ1n) is 6.77. The third-order valence-electron chi connectivity index (χ3n) is 4.09. The number of nitrogens with zero attached hydrogens (tertiary/aromatic N) is 5. The molecule has 0 aromatic carbocycles. The SMILES string of the molecule is CCC1(C)CCN(c2nc(Cl)nc(N(C)C)n2)CC1. The number of halogens is 1. The molecule has 2 heterocycles. The van der Waals surface area contributed by atoms with Crippen molar-refractivity contribution in [1.29, 1.82) is 0 Å². The van der Waals surface area contributed by atoms with Crippen molar-refractivity contribution in [2.75, 3.05) is 37.0 Å². The molecule has 0 unspecified atom stereocenters. The van der Waals surface area contributed by atoms with Crippen LogP contribution in [-0.2, 0) is 0 Å². The van der Waals surface area contributed by atoms with Crippen LogP contribution in [0.2, 0.25) is 5.28 Å². The van der Waals surface area contributed by atoms with Crippen LogP contribution in [0.25, 0.3) is 0 Å². The number of rotatable bonds is 3. The van der Waals surface area contributed by atoms with Gasteiger partial charge in [-0.2, -0.15) is 15.0 Å². The van der Waals surface area contributed by atoms with Crippen molar-refractivity contribution >= 4 is 23.5 Å². The van der Waals surface area contributed by atoms with Gasteiger partial charge in [-0.05, 0) is 29.9 Å². The van der Waals surface area contributed by atoms with Crippen LogP contribution in [0.15, 0.2) is 0 Å². The molecule has 0 bridgehead atoms. The lowest BCUT2D eigenvalue weighted by Gasteiger charge is -2.38. The smallest absolute Gasteiger partial charge is 0.231 e. The van der Waals surface area contributed by atoms with Gasteiger partial charge in [-0.3, -0.25) is 0 Å². The van der Waals surface area contributed by atoms with E-state index in [-0.39, 0.29) is 5.28 Å². The van der Waals surface area contributed by atoms with E-state index in [9.17, 15) is 0 Å². The van der Waals surface area contributed by atoms with Crippen molar-refractivity contribution in [3.05, 3.63) is 5.28 Å². The molecule has 0 saturated carbocycles. The molecular weight excluding hydrogens is 262 g/mol. The highest BCUT2D eigenvalue weighted by Crippen LogP contribution is 2.35. The van der Waals surface area contributed by atoms with E-state index in [4.69, 9.17) is 11.6 Å². The van der Waals surface area contributed by atoms with Gasteiger partial charge in [0.1, 0.15) is 0 Å². The molecule has 1 aliphatic rings. The molecule has 5 nitrogen and oxygen atoms in total. The van der Waals surface area contributed by atoms with Crippen LogP contribution < -0.4 is 9.80 Å². The van der Waals surface area contributed by atoms with E-state index in [0.717, 1.165) is 13.1 Å². The predicted molar refractivity (Wildman–Crippen MR) is 79.0 cm³/mol. The Morgan fingerprint density at radius 2 is 1.84 bits per heavy atom. The normalized spacial score (nSPS) is 18.5. The fourth-order valence-electron chi connectivity index (χ4n) is 2.27. The van der Waals surface area contributed by atoms with Gasteiger partial charge in [0.15, 0.2) is 0 Å². The van der Waals surface area contributed by atoms with E-state index < -0.39 is 0 Å². The van der Waals surface area contributed by atoms with Crippen LogP contribution in [0.4, 0.5) is 11.9 Å². The van der Waals surface area contributed by atoms with E-state index in [0.29, 0.717) is 17.3 Å². The number of aromatic nitrogens is 3. The summed E-state index contributed by atoms with van der Waals surface area (Å²) in [4.78, 5) is 16.9. The largest absolute Gasteiger partial charge is 0.347 e. The van der Waals surface area contributed by atoms with Gasteiger partial charge in [-0.1, -0.05) is 20.3 Å². The van der Waals surface area contributed by atoms with Crippen LogP contribution in [-0.4, -0.2) is 42.1 Å². The lowest BCUT2D eigenvalue weighted by atomic mass is 9.78. The van der Waals surface area contributed by atoms with Crippen LogP contribution in [0.3, 0.4) is 0 Å². The Morgan fingerprint density at radius 3 is 2.37 bits per heavy atom. The van der Waals surface area contributed by atoms with Crippen molar-refractivity contribution in [3.8, 4) is 0 Å². The van der Waals surface area contributed by atoms with E-state index in [1.807, 2.05) is 19.0 Å². The maximum absolute atomic E-state index is 5.98. The third-order valence-corrected chi connectivity index (χ3v) is 4.26. The molecule has 1 aromatic rings. The van der Waals surface area contributed by atoms with Crippen LogP contribution in [0.5, 0.6) is 0 Å². The van der Waals surface area contributed by atoms with Gasteiger partial charge in [0, 0.05) is 27.2 Å². The molecule has 1 aliphatic heterocycles. The van der Waals surface area contributed by atoms with Gasteiger partial charge in [0.25, 0.3) is 0 Å². The van der Waals surface area contributed by atoms with E-state index in [1.165, 1.54) is 19.3 Å². The molecule has 0 amide bonds. The molecule has 0 N–H and O–H groups in total. The molecule has 0 radical (unpaired) electrons. The predicted octanol–water partition coefficient (Wildman–Crippen LogP) is 2.61. The Labute approximate surface area is 120 Å². The molecule has 106 valence electrons. The van der Waals surface area contributed by atoms with Crippen LogP contribution in [0, 0.1) is 5.41 Å². The first-order chi connectivity index (χ1) is 8.93. The highest BCUT2D eigenvalue weighted by atomic mass is 35.5. The molecule has 1 fully saturated rings. The highest BCUT2D eigenvalue weighted by Gasteiger charge is 2.29. The number of hydrogen-bond acceptors (Lipinski definition) is 5. The molecule has 1 saturated heterocycles. The second kappa shape index (κ2) is 5.49. The summed E-state index contributed by atoms with van der Waals surface area (Å²) >= 11 is 5.98. The molecule has 19 heavy (non-hydrogen) atoms. The fraction of sp³-hybridized carbons (Fsp3) is 0.769. The average Bonchev–Trinajstić information content (AvgIpc) is 2.39. The molecule has 1 aromatic heterocycles. The Balaban J connectivity index is 2.15. The second-order valence-corrected chi connectivity index (χ2v) is 6.09. The lowest BCUT2D eigenvalue weighted by Crippen LogP contribution is -2.39. The van der Waals surface area contributed by atoms with Crippen molar-refractivity contribution in [2.45, 2.75) is 33.1 Å². The van der Waals surface area contributed by atoms with Gasteiger partial charge in [0.05, 0.1) is 0 Å². The van der Waals surface area contributed by atoms with Gasteiger partial charge >= 0.3 is 0 Å². The zero-order chi connectivity index (χ0) is 14.0. The Kier molecular flexibility index (Phi) is 4.13. The van der Waals surface area contributed by atoms with E-state index in [2.05, 4.69) is 33.7 Å². The average molecular weight is 284 g/mol. The fourth-order valence-corrected chi connectivity index (χ4v) is 2.42. The minimum Gasteiger partial charge on any atom is -0.347 e. The van der Waals surface area contributed by atoms with Gasteiger partial charge in [-0.25, -0.2) is 0 Å². The highest BCUT2D eigenvalue weighted by molar-refractivity contribution is 6.28. The quantitative estimate of drug-likeness (QED) is 0.853. The van der Waals surface area contributed by atoms with Gasteiger partial charge in [0.2, 0.25) is 17.2 Å². The summed E-state index contributed by atoms with van der Waals surface area (Å²) in [5.74, 6) is 1.31. The van der Waals surface area contributed by atoms with E-state index in [1.54, 1.807) is 0 Å². The summed E-state index contributed by atoms with van der Waals surface area (Å²) in [7, 11) is 3.81. The van der Waals surface area contributed by atoms with Crippen LogP contribution >= 0.6 is 11.6 Å². The monoisotopic (exact) mass is 283 g/mol. The standard InChI is InChI=1S/C13H22ClN5/c1-5-13(2)6-8-19(9-7-13)12-16-10(14)15-11(17-12)18(3)4/h5-9H2,1-4H3. The maximum atomic E-state index is 5.98. The van der Waals surface area contributed by atoms with E-state index >= 15 is 0 Å². The summed E-state index contributed by atoms with van der Waals surface area (Å²) in [5.41, 5.74) is 0.456. The topological polar surface area (TPSA) is 45.2 Å². The first-order valence-corrected chi connectivity index (χ1v) is 7.15. The Morgan fingerprint density at radius 1 is 1.21 bits per heavy atom. The number of piperidine rings is 1. The number of anilines is 2. The van der Waals surface area contributed by atoms with Crippen molar-refractivity contribution in [3.63, 3.8) is 0 Å². The minimum absolute atomic E-state index is 0.262. The zero-order valence-corrected chi connectivity index (χ0v) is 12.9. The summed E-state index contributed by atoms with van der Waals surface area (Å²) < 4.78 is 0. The third kappa shape index (κ3) is 3.26. The summed E-state index contributed by atoms with van der Waals surface area (Å²) in [6.07, 6.45) is 3.57. The summed E-state index contributed by atoms with van der Waals surface area (Å²) in [5, 5.41) is 0.262. The molecule has 0 atom stereocenters. The molecule has 2 rings (SSSR count). The van der Waals surface area contributed by atoms with Crippen LogP contribution in [0.1, 0.15) is 33.1 Å². The Hall–Kier alpha value is -1.10. The zero-order valence-electron chi connectivity index (χ0n) is 12.1. The maximum Gasteiger partial charge on any atom is 0.231 e. The molecule has 0 aliphatic carbocycles. The van der Waals surface area contributed by atoms with Crippen molar-refractivity contribution < 1.29 is 0 Å². The number of hydrogen-bond donors (Lipinski definition) is 0. The van der Waals surface area contributed by atoms with Gasteiger partial charge in [-0.15, -0.1) is 0 Å². The summed E-state index contributed by atoms with van der Waals surface area (Å²) in [6.45, 7) is 6.59. The first kappa shape index (κ1) is 14.3. The molecule has 0 spiro atoms. The van der Waals surface area contributed by atoms with Gasteiger partial charge < -0.3 is 9.80 Å². The Bertz CT molecular complexity index is 441. The van der Waals surface area contributed by atoms with Crippen molar-refractivity contribution in [2.24, 2.45) is 5.41 Å². The lowest BCUT2D eigenvalue weighted by molar-refractivity contribution is 0.237. The molecular formula is C13H22ClN5. The van der Waals surface area contributed by atoms with Crippen molar-refractivity contribution in [1.82, 2.24) is 15.0 Å².